The summed E-state index contributed by atoms with van der Waals surface area (Å²) in [5.74, 6) is 0.646. The number of nitrogens with one attached hydrogen (secondary N) is 2. The lowest BCUT2D eigenvalue weighted by Crippen LogP contribution is -2.47. The van der Waals surface area contributed by atoms with E-state index >= 15 is 0 Å². The lowest BCUT2D eigenvalue weighted by Gasteiger charge is -2.25. The molecule has 0 aromatic carbocycles. The molecule has 1 aliphatic rings. The smallest absolute Gasteiger partial charge is 0.227 e. The van der Waals surface area contributed by atoms with Crippen molar-refractivity contribution in [1.29, 1.82) is 0 Å². The number of hydrogen-bond donors (Lipinski definition) is 2. The van der Waals surface area contributed by atoms with Crippen LogP contribution in [-0.4, -0.2) is 38.3 Å². The summed E-state index contributed by atoms with van der Waals surface area (Å²) in [5, 5.41) is 6.27. The first-order valence-corrected chi connectivity index (χ1v) is 6.69. The second-order valence-corrected chi connectivity index (χ2v) is 4.91. The number of likely N-dealkylation sites (N-methyl/N-ethyl adjacent to an activating group) is 1. The maximum atomic E-state index is 12.1. The Bertz CT molecular complexity index is 242. The minimum absolute atomic E-state index is 0.0446. The molecule has 0 aliphatic carbocycles. The molecule has 2 N–H and O–H groups in total. The summed E-state index contributed by atoms with van der Waals surface area (Å²) in [6.07, 6.45) is 2.21. The number of carbonyl (C=O) groups excluding carboxylic acids is 1. The number of ether oxygens (including phenoxy) is 1. The maximum absolute atomic E-state index is 12.1. The molecule has 1 rings (SSSR count). The summed E-state index contributed by atoms with van der Waals surface area (Å²) < 4.78 is 5.35. The Morgan fingerprint density at radius 3 is 2.53 bits per heavy atom. The second-order valence-electron chi connectivity index (χ2n) is 4.91. The SMILES string of the molecule is CCC(CC)C(C)NC(=O)C1COCC1NC. The number of hydrogen-bond acceptors (Lipinski definition) is 3. The van der Waals surface area contributed by atoms with Crippen molar-refractivity contribution in [3.8, 4) is 0 Å². The zero-order chi connectivity index (χ0) is 12.8. The van der Waals surface area contributed by atoms with Gasteiger partial charge in [-0.15, -0.1) is 0 Å². The van der Waals surface area contributed by atoms with E-state index in [-0.39, 0.29) is 23.9 Å². The summed E-state index contributed by atoms with van der Waals surface area (Å²) in [6.45, 7) is 7.61. The van der Waals surface area contributed by atoms with Gasteiger partial charge in [-0.2, -0.15) is 0 Å². The van der Waals surface area contributed by atoms with Crippen molar-refractivity contribution in [1.82, 2.24) is 10.6 Å². The fraction of sp³-hybridized carbons (Fsp3) is 0.923. The number of amides is 1. The molecule has 0 aromatic rings. The van der Waals surface area contributed by atoms with Crippen molar-refractivity contribution in [2.24, 2.45) is 11.8 Å². The van der Waals surface area contributed by atoms with Crippen molar-refractivity contribution < 1.29 is 9.53 Å². The summed E-state index contributed by atoms with van der Waals surface area (Å²) >= 11 is 0. The molecular formula is C13H26N2O2. The molecule has 0 aromatic heterocycles. The van der Waals surface area contributed by atoms with E-state index in [1.807, 2.05) is 7.05 Å². The maximum Gasteiger partial charge on any atom is 0.227 e. The Labute approximate surface area is 104 Å². The van der Waals surface area contributed by atoms with Crippen LogP contribution in [0.1, 0.15) is 33.6 Å². The molecule has 0 bridgehead atoms. The van der Waals surface area contributed by atoms with Crippen LogP contribution in [0.15, 0.2) is 0 Å². The molecule has 1 amide bonds. The molecule has 1 saturated heterocycles. The molecule has 0 radical (unpaired) electrons. The Morgan fingerprint density at radius 1 is 1.35 bits per heavy atom. The van der Waals surface area contributed by atoms with Crippen LogP contribution in [0.3, 0.4) is 0 Å². The first-order chi connectivity index (χ1) is 8.13. The highest BCUT2D eigenvalue weighted by molar-refractivity contribution is 5.80. The van der Waals surface area contributed by atoms with Gasteiger partial charge in [-0.05, 0) is 19.9 Å². The van der Waals surface area contributed by atoms with Gasteiger partial charge in [0.2, 0.25) is 5.91 Å². The highest BCUT2D eigenvalue weighted by Gasteiger charge is 2.33. The number of rotatable bonds is 6. The minimum atomic E-state index is -0.0446. The largest absolute Gasteiger partial charge is 0.379 e. The molecule has 0 spiro atoms. The van der Waals surface area contributed by atoms with E-state index in [9.17, 15) is 4.79 Å². The van der Waals surface area contributed by atoms with E-state index in [4.69, 9.17) is 4.74 Å². The van der Waals surface area contributed by atoms with Crippen molar-refractivity contribution in [3.63, 3.8) is 0 Å². The Balaban J connectivity index is 2.48. The van der Waals surface area contributed by atoms with Gasteiger partial charge in [0.1, 0.15) is 0 Å². The van der Waals surface area contributed by atoms with Crippen LogP contribution in [0, 0.1) is 11.8 Å². The fourth-order valence-electron chi connectivity index (χ4n) is 2.54. The van der Waals surface area contributed by atoms with Gasteiger partial charge in [-0.1, -0.05) is 26.7 Å². The molecule has 3 atom stereocenters. The third kappa shape index (κ3) is 3.68. The summed E-state index contributed by atoms with van der Waals surface area (Å²) in [4.78, 5) is 12.1. The van der Waals surface area contributed by atoms with E-state index in [1.165, 1.54) is 0 Å². The standard InChI is InChI=1S/C13H26N2O2/c1-5-10(6-2)9(3)15-13(16)11-7-17-8-12(11)14-4/h9-12,14H,5-8H2,1-4H3,(H,15,16). The topological polar surface area (TPSA) is 50.4 Å². The summed E-state index contributed by atoms with van der Waals surface area (Å²) in [5.41, 5.74) is 0. The van der Waals surface area contributed by atoms with Gasteiger partial charge < -0.3 is 15.4 Å². The molecule has 17 heavy (non-hydrogen) atoms. The quantitative estimate of drug-likeness (QED) is 0.735. The molecule has 0 saturated carbocycles. The molecule has 100 valence electrons. The lowest BCUT2D eigenvalue weighted by molar-refractivity contribution is -0.126. The van der Waals surface area contributed by atoms with Crippen molar-refractivity contribution >= 4 is 5.91 Å². The van der Waals surface area contributed by atoms with Gasteiger partial charge in [0.25, 0.3) is 0 Å². The predicted molar refractivity (Wildman–Crippen MR) is 68.8 cm³/mol. The van der Waals surface area contributed by atoms with Gasteiger partial charge in [0.05, 0.1) is 19.1 Å². The van der Waals surface area contributed by atoms with Crippen LogP contribution < -0.4 is 10.6 Å². The third-order valence-electron chi connectivity index (χ3n) is 3.91. The van der Waals surface area contributed by atoms with Crippen LogP contribution in [-0.2, 0) is 9.53 Å². The first-order valence-electron chi connectivity index (χ1n) is 6.69. The van der Waals surface area contributed by atoms with E-state index < -0.39 is 0 Å². The van der Waals surface area contributed by atoms with E-state index in [0.29, 0.717) is 19.1 Å². The Hall–Kier alpha value is -0.610. The number of carbonyl (C=O) groups is 1. The van der Waals surface area contributed by atoms with Gasteiger partial charge >= 0.3 is 0 Å². The van der Waals surface area contributed by atoms with Crippen LogP contribution in [0.2, 0.25) is 0 Å². The zero-order valence-corrected chi connectivity index (χ0v) is 11.5. The third-order valence-corrected chi connectivity index (χ3v) is 3.91. The van der Waals surface area contributed by atoms with Crippen molar-refractivity contribution in [3.05, 3.63) is 0 Å². The normalized spacial score (nSPS) is 26.2. The van der Waals surface area contributed by atoms with E-state index in [1.54, 1.807) is 0 Å². The highest BCUT2D eigenvalue weighted by Crippen LogP contribution is 2.16. The van der Waals surface area contributed by atoms with E-state index in [0.717, 1.165) is 12.8 Å². The monoisotopic (exact) mass is 242 g/mol. The molecule has 1 aliphatic heterocycles. The average molecular weight is 242 g/mol. The van der Waals surface area contributed by atoms with Gasteiger partial charge in [-0.3, -0.25) is 4.79 Å². The van der Waals surface area contributed by atoms with Crippen LogP contribution in [0.25, 0.3) is 0 Å². The average Bonchev–Trinajstić information content (AvgIpc) is 2.78. The molecule has 3 unspecified atom stereocenters. The second kappa shape index (κ2) is 6.97. The summed E-state index contributed by atoms with van der Waals surface area (Å²) in [6, 6.07) is 0.402. The molecule has 1 fully saturated rings. The van der Waals surface area contributed by atoms with Gasteiger partial charge in [0.15, 0.2) is 0 Å². The van der Waals surface area contributed by atoms with E-state index in [2.05, 4.69) is 31.4 Å². The van der Waals surface area contributed by atoms with Gasteiger partial charge in [-0.25, -0.2) is 0 Å². The zero-order valence-electron chi connectivity index (χ0n) is 11.5. The first kappa shape index (κ1) is 14.5. The van der Waals surface area contributed by atoms with Crippen molar-refractivity contribution in [2.45, 2.75) is 45.7 Å². The molecular weight excluding hydrogens is 216 g/mol. The lowest BCUT2D eigenvalue weighted by atomic mass is 9.94. The van der Waals surface area contributed by atoms with Gasteiger partial charge in [0, 0.05) is 12.1 Å². The highest BCUT2D eigenvalue weighted by atomic mass is 16.5. The molecule has 4 heteroatoms. The molecule has 1 heterocycles. The van der Waals surface area contributed by atoms with Crippen LogP contribution >= 0.6 is 0 Å². The van der Waals surface area contributed by atoms with Crippen LogP contribution in [0.4, 0.5) is 0 Å². The van der Waals surface area contributed by atoms with Crippen molar-refractivity contribution in [2.75, 3.05) is 20.3 Å². The molecule has 4 nitrogen and oxygen atoms in total. The Kier molecular flexibility index (Phi) is 5.92. The summed E-state index contributed by atoms with van der Waals surface area (Å²) in [7, 11) is 1.88. The Morgan fingerprint density at radius 2 is 2.00 bits per heavy atom. The van der Waals surface area contributed by atoms with Crippen LogP contribution in [0.5, 0.6) is 0 Å². The fourth-order valence-corrected chi connectivity index (χ4v) is 2.54. The minimum Gasteiger partial charge on any atom is -0.379 e. The predicted octanol–water partition coefficient (Wildman–Crippen LogP) is 1.16.